The summed E-state index contributed by atoms with van der Waals surface area (Å²) in [7, 11) is 1.64. The van der Waals surface area contributed by atoms with E-state index in [0.29, 0.717) is 23.3 Å². The van der Waals surface area contributed by atoms with Gasteiger partial charge in [-0.25, -0.2) is 4.98 Å². The van der Waals surface area contributed by atoms with E-state index in [9.17, 15) is 9.59 Å². The van der Waals surface area contributed by atoms with E-state index in [0.717, 1.165) is 0 Å². The van der Waals surface area contributed by atoms with Crippen molar-refractivity contribution in [2.24, 2.45) is 0 Å². The molecule has 0 radical (unpaired) electrons. The van der Waals surface area contributed by atoms with E-state index in [1.807, 2.05) is 6.07 Å². The van der Waals surface area contributed by atoms with Crippen LogP contribution in [-0.2, 0) is 6.54 Å². The summed E-state index contributed by atoms with van der Waals surface area (Å²) in [4.78, 5) is 36.2. The average Bonchev–Trinajstić information content (AvgIpc) is 3.00. The molecule has 2 heterocycles. The molecule has 0 spiro atoms. The number of aromatic nitrogens is 3. The monoisotopic (exact) mass is 282 g/mol. The number of nitrogens with zero attached hydrogens (tertiary/aromatic N) is 2. The van der Waals surface area contributed by atoms with Gasteiger partial charge >= 0.3 is 0 Å². The van der Waals surface area contributed by atoms with E-state index in [2.05, 4.69) is 15.0 Å². The van der Waals surface area contributed by atoms with Crippen LogP contribution in [0.2, 0.25) is 0 Å². The molecule has 2 aromatic heterocycles. The molecule has 0 saturated heterocycles. The molecule has 3 rings (SSSR count). The van der Waals surface area contributed by atoms with Gasteiger partial charge in [0.25, 0.3) is 5.91 Å². The Morgan fingerprint density at radius 1 is 1.29 bits per heavy atom. The first-order valence-corrected chi connectivity index (χ1v) is 6.51. The summed E-state index contributed by atoms with van der Waals surface area (Å²) >= 11 is 0. The summed E-state index contributed by atoms with van der Waals surface area (Å²) < 4.78 is 0. The fraction of sp³-hybridized carbons (Fsp3) is 0.133. The maximum atomic E-state index is 12.4. The highest BCUT2D eigenvalue weighted by atomic mass is 16.2. The molecule has 3 aromatic rings. The van der Waals surface area contributed by atoms with Crippen molar-refractivity contribution >= 4 is 16.8 Å². The van der Waals surface area contributed by atoms with Gasteiger partial charge in [-0.3, -0.25) is 9.59 Å². The molecule has 0 unspecified atom stereocenters. The van der Waals surface area contributed by atoms with Crippen molar-refractivity contribution in [3.8, 4) is 0 Å². The van der Waals surface area contributed by atoms with Crippen LogP contribution in [-0.4, -0.2) is 32.8 Å². The van der Waals surface area contributed by atoms with Gasteiger partial charge in [0.15, 0.2) is 0 Å². The summed E-state index contributed by atoms with van der Waals surface area (Å²) in [5.74, 6) is 0.335. The van der Waals surface area contributed by atoms with E-state index in [4.69, 9.17) is 0 Å². The van der Waals surface area contributed by atoms with Crippen molar-refractivity contribution in [1.29, 1.82) is 0 Å². The number of rotatable bonds is 3. The lowest BCUT2D eigenvalue weighted by molar-refractivity contribution is 0.0780. The first-order chi connectivity index (χ1) is 10.2. The topological polar surface area (TPSA) is 81.8 Å². The fourth-order valence-corrected chi connectivity index (χ4v) is 2.21. The quantitative estimate of drug-likeness (QED) is 0.764. The number of benzene rings is 1. The first kappa shape index (κ1) is 13.1. The smallest absolute Gasteiger partial charge is 0.259 e. The van der Waals surface area contributed by atoms with Gasteiger partial charge in [0.2, 0.25) is 5.43 Å². The number of carbonyl (C=O) groups excluding carboxylic acids is 1. The molecule has 0 bridgehead atoms. The zero-order valence-electron chi connectivity index (χ0n) is 11.5. The molecule has 1 amide bonds. The Kier molecular flexibility index (Phi) is 3.27. The van der Waals surface area contributed by atoms with Crippen LogP contribution in [0.3, 0.4) is 0 Å². The maximum Gasteiger partial charge on any atom is 0.259 e. The van der Waals surface area contributed by atoms with Gasteiger partial charge in [-0.05, 0) is 12.1 Å². The highest BCUT2D eigenvalue weighted by molar-refractivity contribution is 5.96. The largest absolute Gasteiger partial charge is 0.360 e. The molecule has 0 aliphatic heterocycles. The van der Waals surface area contributed by atoms with Crippen molar-refractivity contribution in [3.63, 3.8) is 0 Å². The van der Waals surface area contributed by atoms with E-state index >= 15 is 0 Å². The number of para-hydroxylation sites is 1. The van der Waals surface area contributed by atoms with Crippen LogP contribution in [0.5, 0.6) is 0 Å². The average molecular weight is 282 g/mol. The van der Waals surface area contributed by atoms with Crippen molar-refractivity contribution < 1.29 is 4.79 Å². The predicted molar refractivity (Wildman–Crippen MR) is 79.0 cm³/mol. The number of H-pyrrole nitrogens is 2. The molecular weight excluding hydrogens is 268 g/mol. The fourth-order valence-electron chi connectivity index (χ4n) is 2.21. The molecular formula is C15H14N4O2. The molecule has 21 heavy (non-hydrogen) atoms. The van der Waals surface area contributed by atoms with Crippen molar-refractivity contribution in [2.75, 3.05) is 7.05 Å². The molecule has 1 aromatic carbocycles. The van der Waals surface area contributed by atoms with Gasteiger partial charge in [0.1, 0.15) is 11.4 Å². The van der Waals surface area contributed by atoms with Crippen LogP contribution in [0.1, 0.15) is 16.2 Å². The van der Waals surface area contributed by atoms with Crippen LogP contribution in [0.4, 0.5) is 0 Å². The normalized spacial score (nSPS) is 10.7. The van der Waals surface area contributed by atoms with E-state index in [-0.39, 0.29) is 16.9 Å². The van der Waals surface area contributed by atoms with E-state index in [1.165, 1.54) is 11.1 Å². The molecule has 0 aliphatic carbocycles. The zero-order chi connectivity index (χ0) is 14.8. The second-order valence-electron chi connectivity index (χ2n) is 4.77. The Labute approximate surface area is 120 Å². The Bertz CT molecular complexity index is 836. The lowest BCUT2D eigenvalue weighted by Gasteiger charge is -2.15. The standard InChI is InChI=1S/C15H14N4O2/c1-19(9-13-16-6-7-17-13)15(21)11-8-18-12-5-3-2-4-10(12)14(11)20/h2-8H,9H2,1H3,(H,16,17)(H,18,20). The highest BCUT2D eigenvalue weighted by Gasteiger charge is 2.17. The lowest BCUT2D eigenvalue weighted by Crippen LogP contribution is -2.31. The van der Waals surface area contributed by atoms with Crippen LogP contribution in [0, 0.1) is 0 Å². The van der Waals surface area contributed by atoms with Gasteiger partial charge in [0, 0.05) is 36.5 Å². The third-order valence-electron chi connectivity index (χ3n) is 3.31. The van der Waals surface area contributed by atoms with Gasteiger partial charge in [-0.2, -0.15) is 0 Å². The van der Waals surface area contributed by atoms with Crippen molar-refractivity contribution in [2.45, 2.75) is 6.54 Å². The lowest BCUT2D eigenvalue weighted by atomic mass is 10.1. The summed E-state index contributed by atoms with van der Waals surface area (Å²) in [5, 5.41) is 0.509. The first-order valence-electron chi connectivity index (χ1n) is 6.51. The molecule has 106 valence electrons. The minimum atomic E-state index is -0.335. The summed E-state index contributed by atoms with van der Waals surface area (Å²) in [6.07, 6.45) is 4.78. The number of carbonyl (C=O) groups is 1. The second kappa shape index (κ2) is 5.24. The number of hydrogen-bond acceptors (Lipinski definition) is 3. The maximum absolute atomic E-state index is 12.4. The Hall–Kier alpha value is -2.89. The van der Waals surface area contributed by atoms with Crippen LogP contribution < -0.4 is 5.43 Å². The number of amides is 1. The number of aromatic amines is 2. The van der Waals surface area contributed by atoms with E-state index in [1.54, 1.807) is 37.6 Å². The Morgan fingerprint density at radius 3 is 2.86 bits per heavy atom. The summed E-state index contributed by atoms with van der Waals surface area (Å²) in [6.45, 7) is 0.318. The molecule has 0 aliphatic rings. The molecule has 2 N–H and O–H groups in total. The highest BCUT2D eigenvalue weighted by Crippen LogP contribution is 2.09. The molecule has 0 fully saturated rings. The third-order valence-corrected chi connectivity index (χ3v) is 3.31. The van der Waals surface area contributed by atoms with Crippen molar-refractivity contribution in [3.05, 3.63) is 64.5 Å². The number of imidazole rings is 1. The summed E-state index contributed by atoms with van der Waals surface area (Å²) in [5.41, 5.74) is 0.580. The van der Waals surface area contributed by atoms with Gasteiger partial charge in [0.05, 0.1) is 6.54 Å². The molecule has 0 atom stereocenters. The van der Waals surface area contributed by atoms with Crippen LogP contribution in [0.15, 0.2) is 47.7 Å². The molecule has 6 nitrogen and oxygen atoms in total. The predicted octanol–water partition coefficient (Wildman–Crippen LogP) is 1.52. The Balaban J connectivity index is 1.94. The Morgan fingerprint density at radius 2 is 2.10 bits per heavy atom. The SMILES string of the molecule is CN(Cc1ncc[nH]1)C(=O)c1c[nH]c2ccccc2c1=O. The minimum absolute atomic E-state index is 0.128. The molecule has 6 heteroatoms. The van der Waals surface area contributed by atoms with E-state index < -0.39 is 0 Å². The number of fused-ring (bicyclic) bond motifs is 1. The van der Waals surface area contributed by atoms with Gasteiger partial charge < -0.3 is 14.9 Å². The third kappa shape index (κ3) is 2.43. The van der Waals surface area contributed by atoms with Crippen LogP contribution in [0.25, 0.3) is 10.9 Å². The number of nitrogens with one attached hydrogen (secondary N) is 2. The number of pyridine rings is 1. The van der Waals surface area contributed by atoms with Gasteiger partial charge in [-0.1, -0.05) is 12.1 Å². The van der Waals surface area contributed by atoms with Crippen molar-refractivity contribution in [1.82, 2.24) is 19.9 Å². The van der Waals surface area contributed by atoms with Crippen LogP contribution >= 0.6 is 0 Å². The van der Waals surface area contributed by atoms with Gasteiger partial charge in [-0.15, -0.1) is 0 Å². The number of hydrogen-bond donors (Lipinski definition) is 2. The minimum Gasteiger partial charge on any atom is -0.360 e. The zero-order valence-corrected chi connectivity index (χ0v) is 11.5. The summed E-state index contributed by atoms with van der Waals surface area (Å²) in [6, 6.07) is 7.12. The second-order valence-corrected chi connectivity index (χ2v) is 4.77. The molecule has 0 saturated carbocycles.